The predicted octanol–water partition coefficient (Wildman–Crippen LogP) is 16.8. The average Bonchev–Trinajstić information content (AvgIpc) is 3.20. The van der Waals surface area contributed by atoms with Gasteiger partial charge in [-0.05, 0) is 35.4 Å². The highest BCUT2D eigenvalue weighted by molar-refractivity contribution is 5.07. The molecule has 64 heavy (non-hydrogen) atoms. The van der Waals surface area contributed by atoms with Gasteiger partial charge in [0.05, 0.1) is 5.69 Å². The van der Waals surface area contributed by atoms with E-state index in [0.29, 0.717) is 23.7 Å². The van der Waals surface area contributed by atoms with Crippen LogP contribution in [0.5, 0.6) is 0 Å². The highest BCUT2D eigenvalue weighted by Crippen LogP contribution is 2.13. The molecule has 0 unspecified atom stereocenters. The Kier molecular flexibility index (Phi) is 57.5. The van der Waals surface area contributed by atoms with Gasteiger partial charge in [-0.1, -0.05) is 111 Å². The maximum atomic E-state index is 10.4. The first-order valence-corrected chi connectivity index (χ1v) is 20.5. The van der Waals surface area contributed by atoms with Crippen molar-refractivity contribution >= 4 is 0 Å². The van der Waals surface area contributed by atoms with Crippen molar-refractivity contribution in [3.8, 4) is 0 Å². The summed E-state index contributed by atoms with van der Waals surface area (Å²) in [4.78, 5) is 31.9. The zero-order chi connectivity index (χ0) is 52.8. The van der Waals surface area contributed by atoms with Gasteiger partial charge in [0.25, 0.3) is 0 Å². The van der Waals surface area contributed by atoms with Crippen LogP contribution in [0.1, 0.15) is 185 Å². The molecule has 0 saturated heterocycles. The molecule has 4 heterocycles. The van der Waals surface area contributed by atoms with Crippen molar-refractivity contribution in [2.24, 2.45) is 0 Å². The number of hydrogen-bond donors (Lipinski definition) is 0. The molecule has 0 amide bonds. The second kappa shape index (κ2) is 47.9. The van der Waals surface area contributed by atoms with E-state index in [9.17, 15) is 52.7 Å². The summed E-state index contributed by atoms with van der Waals surface area (Å²) in [5.74, 6) is 2.88. The van der Waals surface area contributed by atoms with Crippen LogP contribution in [0.15, 0.2) is 74.4 Å². The molecule has 4 aromatic rings. The fraction of sp³-hybridized carbons (Fsp3) is 0.636. The molecule has 8 nitrogen and oxygen atoms in total. The molecule has 0 aliphatic heterocycles. The molecule has 0 spiro atoms. The number of hydrogen-bond acceptors (Lipinski definition) is 8. The first kappa shape index (κ1) is 76.8. The van der Waals surface area contributed by atoms with Gasteiger partial charge in [0, 0.05) is 88.9 Å². The lowest BCUT2D eigenvalue weighted by Crippen LogP contribution is -1.95. The standard InChI is InChI=1S/4C7H10N2.4C2H3F3.4C2H6/c1-6(2)7-3-8-5-9-4-7;1-6(2)7-5-8-3-4-9-7;1-6(2)7-3-4-8-5-9-7;1-6(2)7-8-4-3-5-9-7;4*1-2(3,4)5;4*1-2/h4*3-6H,1-2H3;4*1H3;4*1-2H3. The smallest absolute Gasteiger partial charge is 0.261 e. The molecule has 0 bridgehead atoms. The van der Waals surface area contributed by atoms with E-state index in [1.165, 1.54) is 5.56 Å². The Balaban J connectivity index is -0.0000000924. The van der Waals surface area contributed by atoms with Crippen LogP contribution in [0, 0.1) is 0 Å². The molecule has 0 aliphatic carbocycles. The molecule has 0 radical (unpaired) electrons. The Morgan fingerprint density at radius 2 is 0.719 bits per heavy atom. The zero-order valence-electron chi connectivity index (χ0n) is 41.4. The van der Waals surface area contributed by atoms with Crippen molar-refractivity contribution in [3.63, 3.8) is 0 Å². The van der Waals surface area contributed by atoms with E-state index < -0.39 is 24.7 Å². The second-order valence-electron chi connectivity index (χ2n) is 12.3. The Hall–Kier alpha value is -4.52. The minimum atomic E-state index is -4.00. The van der Waals surface area contributed by atoms with Gasteiger partial charge in [-0.2, -0.15) is 52.7 Å². The summed E-state index contributed by atoms with van der Waals surface area (Å²) < 4.78 is 124. The Labute approximate surface area is 376 Å². The van der Waals surface area contributed by atoms with Crippen LogP contribution in [0.2, 0.25) is 0 Å². The van der Waals surface area contributed by atoms with Gasteiger partial charge in [-0.3, -0.25) is 9.97 Å². The molecule has 0 N–H and O–H groups in total. The Morgan fingerprint density at radius 1 is 0.359 bits per heavy atom. The molecule has 4 rings (SSSR count). The van der Waals surface area contributed by atoms with Gasteiger partial charge in [-0.15, -0.1) is 0 Å². The van der Waals surface area contributed by atoms with Crippen LogP contribution in [0.25, 0.3) is 0 Å². The summed E-state index contributed by atoms with van der Waals surface area (Å²) in [7, 11) is 0. The molecule has 0 fully saturated rings. The molecule has 0 atom stereocenters. The summed E-state index contributed by atoms with van der Waals surface area (Å²) >= 11 is 0. The number of rotatable bonds is 4. The van der Waals surface area contributed by atoms with Gasteiger partial charge in [-0.25, -0.2) is 29.9 Å². The minimum absolute atomic E-state index is 0.188. The van der Waals surface area contributed by atoms with Crippen LogP contribution in [-0.2, 0) is 0 Å². The van der Waals surface area contributed by atoms with E-state index in [2.05, 4.69) is 95.3 Å². The number of alkyl halides is 12. The van der Waals surface area contributed by atoms with Crippen LogP contribution in [0.4, 0.5) is 52.7 Å². The minimum Gasteiger partial charge on any atom is -0.261 e. The summed E-state index contributed by atoms with van der Waals surface area (Å²) in [5, 5.41) is 0. The third-order valence-electron chi connectivity index (χ3n) is 4.72. The van der Waals surface area contributed by atoms with Gasteiger partial charge < -0.3 is 0 Å². The van der Waals surface area contributed by atoms with Gasteiger partial charge in [0.15, 0.2) is 0 Å². The molecular weight excluding hydrogens is 869 g/mol. The van der Waals surface area contributed by atoms with E-state index in [1.807, 2.05) is 79.9 Å². The van der Waals surface area contributed by atoms with Crippen LogP contribution in [0.3, 0.4) is 0 Å². The third kappa shape index (κ3) is 97.0. The maximum Gasteiger partial charge on any atom is 0.386 e. The van der Waals surface area contributed by atoms with E-state index in [-0.39, 0.29) is 27.7 Å². The number of aromatic nitrogens is 8. The van der Waals surface area contributed by atoms with E-state index in [4.69, 9.17) is 0 Å². The van der Waals surface area contributed by atoms with Crippen LogP contribution >= 0.6 is 0 Å². The topological polar surface area (TPSA) is 103 Å². The lowest BCUT2D eigenvalue weighted by molar-refractivity contribution is -0.111. The largest absolute Gasteiger partial charge is 0.386 e. The lowest BCUT2D eigenvalue weighted by atomic mass is 10.1. The normalized spacial score (nSPS) is 9.81. The van der Waals surface area contributed by atoms with Crippen molar-refractivity contribution in [2.75, 3.05) is 0 Å². The summed E-state index contributed by atoms with van der Waals surface area (Å²) in [6.07, 6.45) is 1.31. The van der Waals surface area contributed by atoms with E-state index >= 15 is 0 Å². The van der Waals surface area contributed by atoms with Crippen LogP contribution in [-0.4, -0.2) is 64.6 Å². The lowest BCUT2D eigenvalue weighted by Gasteiger charge is -1.99. The molecule has 0 aliphatic rings. The molecule has 0 saturated carbocycles. The van der Waals surface area contributed by atoms with Crippen molar-refractivity contribution in [3.05, 3.63) is 97.1 Å². The second-order valence-corrected chi connectivity index (χ2v) is 12.3. The van der Waals surface area contributed by atoms with E-state index in [0.717, 1.165) is 17.2 Å². The Morgan fingerprint density at radius 3 is 0.906 bits per heavy atom. The molecule has 376 valence electrons. The van der Waals surface area contributed by atoms with Crippen molar-refractivity contribution in [1.82, 2.24) is 39.9 Å². The molecule has 4 aromatic heterocycles. The summed E-state index contributed by atoms with van der Waals surface area (Å²) in [6, 6.07) is 3.76. The summed E-state index contributed by atoms with van der Waals surface area (Å²) in [5.41, 5.74) is 3.35. The first-order valence-electron chi connectivity index (χ1n) is 20.5. The number of halogens is 12. The average molecular weight is 945 g/mol. The maximum absolute atomic E-state index is 10.4. The van der Waals surface area contributed by atoms with Crippen molar-refractivity contribution in [2.45, 2.75) is 187 Å². The monoisotopic (exact) mass is 945 g/mol. The van der Waals surface area contributed by atoms with Crippen molar-refractivity contribution in [1.29, 1.82) is 0 Å². The quantitative estimate of drug-likeness (QED) is 0.186. The molecule has 20 heteroatoms. The van der Waals surface area contributed by atoms with Gasteiger partial charge >= 0.3 is 24.7 Å². The zero-order valence-corrected chi connectivity index (χ0v) is 41.4. The SMILES string of the molecule is CC.CC.CC.CC.CC(C)c1ccncn1.CC(C)c1cnccn1.CC(C)c1cncnc1.CC(C)c1ncccn1.CC(F)(F)F.CC(F)(F)F.CC(F)(F)F.CC(F)(F)F. The fourth-order valence-electron chi connectivity index (χ4n) is 2.47. The summed E-state index contributed by atoms with van der Waals surface area (Å²) in [6.45, 7) is 33.6. The van der Waals surface area contributed by atoms with Gasteiger partial charge in [0.2, 0.25) is 0 Å². The highest BCUT2D eigenvalue weighted by Gasteiger charge is 2.17. The third-order valence-corrected chi connectivity index (χ3v) is 4.72. The van der Waals surface area contributed by atoms with Crippen LogP contribution < -0.4 is 0 Å². The fourth-order valence-corrected chi connectivity index (χ4v) is 2.47. The number of nitrogens with zero attached hydrogens (tertiary/aromatic N) is 8. The van der Waals surface area contributed by atoms with Crippen molar-refractivity contribution < 1.29 is 52.7 Å². The van der Waals surface area contributed by atoms with E-state index in [1.54, 1.807) is 49.8 Å². The highest BCUT2D eigenvalue weighted by atomic mass is 19.4. The predicted molar refractivity (Wildman–Crippen MR) is 237 cm³/mol. The van der Waals surface area contributed by atoms with Gasteiger partial charge in [0.1, 0.15) is 18.5 Å². The molecule has 0 aromatic carbocycles. The molecular formula is C44H76F12N8. The first-order chi connectivity index (χ1) is 29.2. The Bertz CT molecular complexity index is 1180.